The lowest BCUT2D eigenvalue weighted by Crippen LogP contribution is -2.50. The van der Waals surface area contributed by atoms with Gasteiger partial charge in [-0.25, -0.2) is 9.48 Å². The zero-order valence-corrected chi connectivity index (χ0v) is 22.4. The molecule has 0 unspecified atom stereocenters. The molecule has 0 bridgehead atoms. The third kappa shape index (κ3) is 5.87. The lowest BCUT2D eigenvalue weighted by molar-refractivity contribution is 0.0116. The van der Waals surface area contributed by atoms with E-state index in [0.717, 1.165) is 56.7 Å². The number of piperazine rings is 1. The van der Waals surface area contributed by atoms with E-state index in [1.54, 1.807) is 27.7 Å². The van der Waals surface area contributed by atoms with Crippen LogP contribution in [0, 0.1) is 0 Å². The lowest BCUT2D eigenvalue weighted by Gasteiger charge is -2.40. The minimum Gasteiger partial charge on any atom is -0.508 e. The highest BCUT2D eigenvalue weighted by Gasteiger charge is 2.28. The summed E-state index contributed by atoms with van der Waals surface area (Å²) in [6.45, 7) is 8.54. The van der Waals surface area contributed by atoms with E-state index >= 15 is 0 Å². The number of aromatic nitrogens is 3. The summed E-state index contributed by atoms with van der Waals surface area (Å²) >= 11 is 0. The monoisotopic (exact) mass is 517 g/mol. The molecule has 1 aliphatic heterocycles. The zero-order valence-electron chi connectivity index (χ0n) is 22.4. The molecule has 38 heavy (non-hydrogen) atoms. The molecule has 5 rings (SSSR count). The molecule has 4 atom stereocenters. The summed E-state index contributed by atoms with van der Waals surface area (Å²) in [7, 11) is 0. The Kier molecular flexibility index (Phi) is 8.29. The van der Waals surface area contributed by atoms with Gasteiger partial charge in [-0.3, -0.25) is 9.47 Å². The molecule has 0 spiro atoms. The van der Waals surface area contributed by atoms with Crippen molar-refractivity contribution in [3.63, 3.8) is 0 Å². The molecule has 202 valence electrons. The first-order valence-electron chi connectivity index (χ1n) is 13.8. The van der Waals surface area contributed by atoms with Crippen molar-refractivity contribution in [2.75, 3.05) is 31.1 Å². The number of hydrogen-bond donors (Lipinski definition) is 1. The molecule has 8 nitrogen and oxygen atoms in total. The van der Waals surface area contributed by atoms with E-state index in [0.29, 0.717) is 18.4 Å². The highest BCUT2D eigenvalue weighted by atomic mass is 16.5. The predicted molar refractivity (Wildman–Crippen MR) is 150 cm³/mol. The maximum Gasteiger partial charge on any atom is 0.346 e. The average Bonchev–Trinajstić information content (AvgIpc) is 3.34. The van der Waals surface area contributed by atoms with Crippen molar-refractivity contribution in [3.05, 3.63) is 89.1 Å². The topological polar surface area (TPSA) is 75.8 Å². The van der Waals surface area contributed by atoms with E-state index in [1.807, 2.05) is 49.4 Å². The highest BCUT2D eigenvalue weighted by molar-refractivity contribution is 5.49. The van der Waals surface area contributed by atoms with Crippen molar-refractivity contribution < 1.29 is 9.84 Å². The summed E-state index contributed by atoms with van der Waals surface area (Å²) in [6, 6.07) is 17.9. The molecule has 2 aromatic carbocycles. The predicted octanol–water partition coefficient (Wildman–Crippen LogP) is 4.39. The summed E-state index contributed by atoms with van der Waals surface area (Å²) in [4.78, 5) is 18.3. The van der Waals surface area contributed by atoms with E-state index in [2.05, 4.69) is 34.0 Å². The maximum atomic E-state index is 13.4. The second-order valence-corrected chi connectivity index (χ2v) is 10.4. The summed E-state index contributed by atoms with van der Waals surface area (Å²) in [5.74, 6) is 0.301. The van der Waals surface area contributed by atoms with Gasteiger partial charge in [0.05, 0.1) is 24.8 Å². The van der Waals surface area contributed by atoms with Gasteiger partial charge in [0.1, 0.15) is 12.1 Å². The standard InChI is InChI=1S/C30H39N5O3/c1-3-29(23(2)38-21-24-7-5-4-6-8-24)35-30(37)34(22-31-35)27-11-9-25(10-12-27)32-17-19-33(20-18-32)26-13-15-28(36)16-14-26/h4-9,11,13-16,22-23,25,27,29,36H,3,10,12,17-21H2,1-2H3/t23-,25-,27+,29-/m0/s1. The molecule has 0 radical (unpaired) electrons. The first-order chi connectivity index (χ1) is 18.5. The fourth-order valence-corrected chi connectivity index (χ4v) is 5.70. The average molecular weight is 518 g/mol. The number of hydrogen-bond acceptors (Lipinski definition) is 6. The molecule has 0 saturated carbocycles. The SMILES string of the molecule is CC[C@@H]([C@H](C)OCc1ccccc1)n1ncn([C@@H]2C=C[C@H](N3CCN(c4ccc(O)cc4)CC3)CC2)c1=O. The number of ether oxygens (including phenoxy) is 1. The lowest BCUT2D eigenvalue weighted by atomic mass is 9.96. The van der Waals surface area contributed by atoms with Crippen LogP contribution in [0.5, 0.6) is 5.75 Å². The number of aromatic hydroxyl groups is 1. The zero-order chi connectivity index (χ0) is 26.5. The Morgan fingerprint density at radius 2 is 1.66 bits per heavy atom. The minimum atomic E-state index is -0.132. The number of benzene rings is 2. The quantitative estimate of drug-likeness (QED) is 0.425. The van der Waals surface area contributed by atoms with E-state index in [-0.39, 0.29) is 23.9 Å². The van der Waals surface area contributed by atoms with Crippen LogP contribution in [-0.4, -0.2) is 62.7 Å². The summed E-state index contributed by atoms with van der Waals surface area (Å²) in [5, 5.41) is 14.1. The molecule has 1 N–H and O–H groups in total. The molecule has 1 fully saturated rings. The van der Waals surface area contributed by atoms with Gasteiger partial charge in [0.2, 0.25) is 0 Å². The van der Waals surface area contributed by atoms with Crippen molar-refractivity contribution in [1.82, 2.24) is 19.2 Å². The van der Waals surface area contributed by atoms with Crippen molar-refractivity contribution in [2.24, 2.45) is 0 Å². The number of allylic oxidation sites excluding steroid dienone is 1. The van der Waals surface area contributed by atoms with Crippen LogP contribution in [0.1, 0.15) is 50.8 Å². The molecule has 1 saturated heterocycles. The summed E-state index contributed by atoms with van der Waals surface area (Å²) in [5.41, 5.74) is 2.21. The molecule has 2 heterocycles. The van der Waals surface area contributed by atoms with Crippen LogP contribution < -0.4 is 10.6 Å². The number of phenolic OH excluding ortho intramolecular Hbond substituents is 1. The Labute approximate surface area is 224 Å². The van der Waals surface area contributed by atoms with Gasteiger partial charge in [0.15, 0.2) is 0 Å². The number of rotatable bonds is 9. The van der Waals surface area contributed by atoms with Crippen LogP contribution in [0.4, 0.5) is 5.69 Å². The van der Waals surface area contributed by atoms with Crippen molar-refractivity contribution in [3.8, 4) is 5.75 Å². The van der Waals surface area contributed by atoms with Gasteiger partial charge in [-0.1, -0.05) is 49.4 Å². The normalized spacial score (nSPS) is 21.9. The fourth-order valence-electron chi connectivity index (χ4n) is 5.70. The third-order valence-electron chi connectivity index (χ3n) is 8.02. The maximum absolute atomic E-state index is 13.4. The van der Waals surface area contributed by atoms with Gasteiger partial charge in [-0.2, -0.15) is 5.10 Å². The summed E-state index contributed by atoms with van der Waals surface area (Å²) in [6.07, 6.45) is 8.73. The second kappa shape index (κ2) is 12.0. The van der Waals surface area contributed by atoms with Crippen LogP contribution in [0.15, 0.2) is 77.9 Å². The second-order valence-electron chi connectivity index (χ2n) is 10.4. The van der Waals surface area contributed by atoms with E-state index in [1.165, 1.54) is 0 Å². The Morgan fingerprint density at radius 1 is 0.974 bits per heavy atom. The molecule has 2 aliphatic rings. The van der Waals surface area contributed by atoms with Gasteiger partial charge in [-0.05, 0) is 56.0 Å². The van der Waals surface area contributed by atoms with Crippen molar-refractivity contribution in [1.29, 1.82) is 0 Å². The van der Waals surface area contributed by atoms with Crippen LogP contribution in [0.3, 0.4) is 0 Å². The Morgan fingerprint density at radius 3 is 2.32 bits per heavy atom. The Bertz CT molecular complexity index is 1240. The van der Waals surface area contributed by atoms with Crippen LogP contribution in [-0.2, 0) is 11.3 Å². The summed E-state index contributed by atoms with van der Waals surface area (Å²) < 4.78 is 9.51. The van der Waals surface area contributed by atoms with Crippen molar-refractivity contribution >= 4 is 5.69 Å². The van der Waals surface area contributed by atoms with Crippen LogP contribution >= 0.6 is 0 Å². The molecule has 1 aromatic heterocycles. The smallest absolute Gasteiger partial charge is 0.346 e. The first kappa shape index (κ1) is 26.3. The minimum absolute atomic E-state index is 0.0313. The number of nitrogens with zero attached hydrogens (tertiary/aromatic N) is 5. The molecule has 8 heteroatoms. The van der Waals surface area contributed by atoms with Gasteiger partial charge < -0.3 is 14.7 Å². The van der Waals surface area contributed by atoms with Gasteiger partial charge >= 0.3 is 5.69 Å². The van der Waals surface area contributed by atoms with Crippen LogP contribution in [0.25, 0.3) is 0 Å². The Hall–Kier alpha value is -3.36. The van der Waals surface area contributed by atoms with Crippen LogP contribution in [0.2, 0.25) is 0 Å². The van der Waals surface area contributed by atoms with Gasteiger partial charge in [-0.15, -0.1) is 0 Å². The first-order valence-corrected chi connectivity index (χ1v) is 13.8. The number of anilines is 1. The van der Waals surface area contributed by atoms with Gasteiger partial charge in [0, 0.05) is 37.9 Å². The van der Waals surface area contributed by atoms with Crippen molar-refractivity contribution in [2.45, 2.75) is 63.9 Å². The molecule has 0 amide bonds. The Balaban J connectivity index is 1.17. The highest BCUT2D eigenvalue weighted by Crippen LogP contribution is 2.27. The third-order valence-corrected chi connectivity index (χ3v) is 8.02. The van der Waals surface area contributed by atoms with E-state index < -0.39 is 0 Å². The largest absolute Gasteiger partial charge is 0.508 e. The molecular weight excluding hydrogens is 478 g/mol. The van der Waals surface area contributed by atoms with E-state index in [4.69, 9.17) is 4.74 Å². The molecular formula is C30H39N5O3. The number of phenols is 1. The fraction of sp³-hybridized carbons (Fsp3) is 0.467. The van der Waals surface area contributed by atoms with Gasteiger partial charge in [0.25, 0.3) is 0 Å². The van der Waals surface area contributed by atoms with E-state index in [9.17, 15) is 9.90 Å². The molecule has 1 aliphatic carbocycles. The molecule has 3 aromatic rings.